The van der Waals surface area contributed by atoms with Crippen LogP contribution < -0.4 is 10.1 Å². The van der Waals surface area contributed by atoms with Gasteiger partial charge in [-0.05, 0) is 43.2 Å². The van der Waals surface area contributed by atoms with Crippen LogP contribution in [0.5, 0.6) is 11.5 Å². The van der Waals surface area contributed by atoms with E-state index in [1.807, 2.05) is 19.1 Å². The SMILES string of the molecule is CC(Cc1cccc(O)c1)NCC(O)COc1c(Cl)cccc1Cl. The molecule has 0 saturated heterocycles. The first-order valence-electron chi connectivity index (χ1n) is 7.72. The molecule has 0 aliphatic carbocycles. The number of halogens is 2. The summed E-state index contributed by atoms with van der Waals surface area (Å²) >= 11 is 12.0. The topological polar surface area (TPSA) is 61.7 Å². The summed E-state index contributed by atoms with van der Waals surface area (Å²) in [6.45, 7) is 2.49. The molecule has 130 valence electrons. The average Bonchev–Trinajstić information content (AvgIpc) is 2.52. The average molecular weight is 370 g/mol. The van der Waals surface area contributed by atoms with E-state index in [4.69, 9.17) is 27.9 Å². The van der Waals surface area contributed by atoms with Crippen LogP contribution in [0.3, 0.4) is 0 Å². The van der Waals surface area contributed by atoms with E-state index in [0.717, 1.165) is 12.0 Å². The molecular weight excluding hydrogens is 349 g/mol. The molecule has 2 aromatic rings. The van der Waals surface area contributed by atoms with Crippen LogP contribution in [0.4, 0.5) is 0 Å². The minimum atomic E-state index is -0.691. The molecule has 0 aliphatic heterocycles. The van der Waals surface area contributed by atoms with E-state index in [0.29, 0.717) is 22.3 Å². The van der Waals surface area contributed by atoms with Gasteiger partial charge in [0.05, 0.1) is 10.0 Å². The smallest absolute Gasteiger partial charge is 0.156 e. The summed E-state index contributed by atoms with van der Waals surface area (Å²) in [5.74, 6) is 0.637. The molecule has 0 bridgehead atoms. The predicted molar refractivity (Wildman–Crippen MR) is 97.2 cm³/mol. The lowest BCUT2D eigenvalue weighted by atomic mass is 10.1. The highest BCUT2D eigenvalue weighted by atomic mass is 35.5. The van der Waals surface area contributed by atoms with E-state index in [1.54, 1.807) is 30.3 Å². The largest absolute Gasteiger partial charge is 0.508 e. The first kappa shape index (κ1) is 18.9. The highest BCUT2D eigenvalue weighted by Gasteiger charge is 2.12. The number of rotatable bonds is 8. The molecule has 24 heavy (non-hydrogen) atoms. The molecule has 0 aromatic heterocycles. The number of phenolic OH excluding ortho intramolecular Hbond substituents is 1. The van der Waals surface area contributed by atoms with Crippen molar-refractivity contribution in [3.8, 4) is 11.5 Å². The van der Waals surface area contributed by atoms with Gasteiger partial charge >= 0.3 is 0 Å². The molecule has 4 nitrogen and oxygen atoms in total. The van der Waals surface area contributed by atoms with Crippen molar-refractivity contribution < 1.29 is 14.9 Å². The molecule has 2 atom stereocenters. The molecular formula is C18H21Cl2NO3. The van der Waals surface area contributed by atoms with Crippen LogP contribution in [0.1, 0.15) is 12.5 Å². The van der Waals surface area contributed by atoms with Gasteiger partial charge < -0.3 is 20.3 Å². The molecule has 0 fully saturated rings. The second-order valence-electron chi connectivity index (χ2n) is 5.70. The van der Waals surface area contributed by atoms with Crippen molar-refractivity contribution in [3.63, 3.8) is 0 Å². The van der Waals surface area contributed by atoms with E-state index in [9.17, 15) is 10.2 Å². The van der Waals surface area contributed by atoms with Crippen LogP contribution in [-0.2, 0) is 6.42 Å². The van der Waals surface area contributed by atoms with Gasteiger partial charge in [0.1, 0.15) is 18.5 Å². The molecule has 3 N–H and O–H groups in total. The van der Waals surface area contributed by atoms with Gasteiger partial charge in [-0.1, -0.05) is 41.4 Å². The van der Waals surface area contributed by atoms with Crippen molar-refractivity contribution >= 4 is 23.2 Å². The monoisotopic (exact) mass is 369 g/mol. The Labute approximate surface area is 152 Å². The zero-order valence-corrected chi connectivity index (χ0v) is 14.9. The third-order valence-electron chi connectivity index (χ3n) is 3.49. The highest BCUT2D eigenvalue weighted by Crippen LogP contribution is 2.32. The third-order valence-corrected chi connectivity index (χ3v) is 4.09. The molecule has 6 heteroatoms. The fourth-order valence-corrected chi connectivity index (χ4v) is 2.81. The Morgan fingerprint density at radius 3 is 2.46 bits per heavy atom. The van der Waals surface area contributed by atoms with Crippen LogP contribution >= 0.6 is 23.2 Å². The van der Waals surface area contributed by atoms with Gasteiger partial charge in [0, 0.05) is 12.6 Å². The lowest BCUT2D eigenvalue weighted by Crippen LogP contribution is -2.37. The van der Waals surface area contributed by atoms with Crippen molar-refractivity contribution in [2.75, 3.05) is 13.2 Å². The first-order chi connectivity index (χ1) is 11.5. The predicted octanol–water partition coefficient (Wildman–Crippen LogP) is 3.66. The lowest BCUT2D eigenvalue weighted by molar-refractivity contribution is 0.104. The number of hydrogen-bond donors (Lipinski definition) is 3. The van der Waals surface area contributed by atoms with Crippen LogP contribution in [-0.4, -0.2) is 35.5 Å². The summed E-state index contributed by atoms with van der Waals surface area (Å²) in [5.41, 5.74) is 1.03. The zero-order valence-electron chi connectivity index (χ0n) is 13.4. The summed E-state index contributed by atoms with van der Waals surface area (Å²) in [6.07, 6.45) is 0.0576. The summed E-state index contributed by atoms with van der Waals surface area (Å²) < 4.78 is 5.51. The number of nitrogens with one attached hydrogen (secondary N) is 1. The summed E-state index contributed by atoms with van der Waals surface area (Å²) in [7, 11) is 0. The van der Waals surface area contributed by atoms with Gasteiger partial charge in [0.25, 0.3) is 0 Å². The van der Waals surface area contributed by atoms with E-state index in [2.05, 4.69) is 5.32 Å². The minimum absolute atomic E-state index is 0.0926. The molecule has 0 amide bonds. The second-order valence-corrected chi connectivity index (χ2v) is 6.51. The van der Waals surface area contributed by atoms with Crippen LogP contribution in [0.25, 0.3) is 0 Å². The number of aliphatic hydroxyl groups is 1. The Kier molecular flexibility index (Phi) is 7.18. The van der Waals surface area contributed by atoms with Crippen LogP contribution in [0, 0.1) is 0 Å². The van der Waals surface area contributed by atoms with Gasteiger partial charge in [-0.2, -0.15) is 0 Å². The number of benzene rings is 2. The third kappa shape index (κ3) is 5.87. The number of aliphatic hydroxyl groups excluding tert-OH is 1. The molecule has 2 aromatic carbocycles. The van der Waals surface area contributed by atoms with Gasteiger partial charge in [0.15, 0.2) is 5.75 Å². The maximum atomic E-state index is 10.0. The van der Waals surface area contributed by atoms with Crippen molar-refractivity contribution in [2.24, 2.45) is 0 Å². The van der Waals surface area contributed by atoms with Gasteiger partial charge in [0.2, 0.25) is 0 Å². The second kappa shape index (κ2) is 9.14. The van der Waals surface area contributed by atoms with Crippen molar-refractivity contribution in [3.05, 3.63) is 58.1 Å². The summed E-state index contributed by atoms with van der Waals surface area (Å²) in [5, 5.41) is 23.6. The zero-order chi connectivity index (χ0) is 17.5. The number of aromatic hydroxyl groups is 1. The maximum Gasteiger partial charge on any atom is 0.156 e. The Morgan fingerprint density at radius 1 is 1.12 bits per heavy atom. The highest BCUT2D eigenvalue weighted by molar-refractivity contribution is 6.37. The van der Waals surface area contributed by atoms with Gasteiger partial charge in [-0.25, -0.2) is 0 Å². The molecule has 0 saturated carbocycles. The van der Waals surface area contributed by atoms with E-state index in [1.165, 1.54) is 0 Å². The quantitative estimate of drug-likeness (QED) is 0.664. The maximum absolute atomic E-state index is 10.0. The Morgan fingerprint density at radius 2 is 1.79 bits per heavy atom. The van der Waals surface area contributed by atoms with E-state index < -0.39 is 6.10 Å². The molecule has 0 spiro atoms. The number of ether oxygens (including phenoxy) is 1. The minimum Gasteiger partial charge on any atom is -0.508 e. The van der Waals surface area contributed by atoms with Crippen LogP contribution in [0.15, 0.2) is 42.5 Å². The molecule has 0 radical (unpaired) electrons. The standard InChI is InChI=1S/C18H21Cl2NO3/c1-12(8-13-4-2-5-14(22)9-13)21-10-15(23)11-24-18-16(19)6-3-7-17(18)20/h2-7,9,12,15,21-23H,8,10-11H2,1H3. The molecule has 2 unspecified atom stereocenters. The van der Waals surface area contributed by atoms with Crippen molar-refractivity contribution in [2.45, 2.75) is 25.5 Å². The lowest BCUT2D eigenvalue weighted by Gasteiger charge is -2.18. The first-order valence-corrected chi connectivity index (χ1v) is 8.47. The molecule has 0 aliphatic rings. The summed E-state index contributed by atoms with van der Waals surface area (Å²) in [4.78, 5) is 0. The number of phenols is 1. The summed E-state index contributed by atoms with van der Waals surface area (Å²) in [6, 6.07) is 12.4. The van der Waals surface area contributed by atoms with E-state index in [-0.39, 0.29) is 18.4 Å². The van der Waals surface area contributed by atoms with Crippen LogP contribution in [0.2, 0.25) is 10.0 Å². The molecule has 2 rings (SSSR count). The Bertz CT molecular complexity index is 646. The fraction of sp³-hybridized carbons (Fsp3) is 0.333. The Balaban J connectivity index is 1.75. The van der Waals surface area contributed by atoms with Crippen molar-refractivity contribution in [1.82, 2.24) is 5.32 Å². The fourth-order valence-electron chi connectivity index (χ4n) is 2.31. The number of para-hydroxylation sites is 1. The van der Waals surface area contributed by atoms with E-state index >= 15 is 0 Å². The molecule has 0 heterocycles. The number of hydrogen-bond acceptors (Lipinski definition) is 4. The normalized spacial score (nSPS) is 13.5. The van der Waals surface area contributed by atoms with Gasteiger partial charge in [-0.3, -0.25) is 0 Å². The van der Waals surface area contributed by atoms with Crippen molar-refractivity contribution in [1.29, 1.82) is 0 Å². The van der Waals surface area contributed by atoms with Gasteiger partial charge in [-0.15, -0.1) is 0 Å². The Hall–Kier alpha value is -1.46.